The van der Waals surface area contributed by atoms with Gasteiger partial charge in [0.05, 0.1) is 0 Å². The number of hydrogen-bond donors (Lipinski definition) is 2. The van der Waals surface area contributed by atoms with Crippen LogP contribution in [0.3, 0.4) is 0 Å². The Hall–Kier alpha value is -2.08. The van der Waals surface area contributed by atoms with E-state index in [0.717, 1.165) is 20.0 Å². The van der Waals surface area contributed by atoms with Gasteiger partial charge in [0.2, 0.25) is 0 Å². The van der Waals surface area contributed by atoms with Gasteiger partial charge in [-0.25, -0.2) is 4.79 Å². The lowest BCUT2D eigenvalue weighted by Crippen LogP contribution is -2.27. The molecule has 0 atom stereocenters. The lowest BCUT2D eigenvalue weighted by Gasteiger charge is -2.17. The number of phenolic OH excluding ortho intramolecular Hbond substituents is 1. The van der Waals surface area contributed by atoms with Crippen LogP contribution in [0.1, 0.15) is 31.1 Å². The fourth-order valence-corrected chi connectivity index (χ4v) is 1.53. The van der Waals surface area contributed by atoms with E-state index in [1.165, 1.54) is 6.07 Å². The number of benzene rings is 1. The van der Waals surface area contributed by atoms with Gasteiger partial charge in [-0.05, 0) is 25.2 Å². The molecule has 1 aromatic rings. The van der Waals surface area contributed by atoms with E-state index >= 15 is 0 Å². The molecule has 0 saturated carbocycles. The molecule has 0 aliphatic heterocycles. The average molecular weight is 297 g/mol. The highest BCUT2D eigenvalue weighted by Crippen LogP contribution is 2.16. The number of hydrogen-bond acceptors (Lipinski definition) is 5. The molecule has 0 spiro atoms. The van der Waals surface area contributed by atoms with Crippen molar-refractivity contribution in [3.63, 3.8) is 0 Å². The molecule has 0 aliphatic carbocycles. The van der Waals surface area contributed by atoms with Crippen molar-refractivity contribution >= 4 is 11.9 Å². The molecule has 0 heterocycles. The number of carbonyl (C=O) groups excluding carboxylic acids is 1. The predicted octanol–water partition coefficient (Wildman–Crippen LogP) is 1.98. The number of nitrogens with zero attached hydrogens (tertiary/aromatic N) is 1. The van der Waals surface area contributed by atoms with Crippen molar-refractivity contribution in [2.75, 3.05) is 26.2 Å². The van der Waals surface area contributed by atoms with Crippen molar-refractivity contribution in [1.82, 2.24) is 4.90 Å². The summed E-state index contributed by atoms with van der Waals surface area (Å²) in [6, 6.07) is 6.39. The van der Waals surface area contributed by atoms with Crippen LogP contribution in [0.2, 0.25) is 0 Å². The smallest absolute Gasteiger partial charge is 0.341 e. The molecule has 0 radical (unpaired) electrons. The summed E-state index contributed by atoms with van der Waals surface area (Å²) in [6.45, 7) is 8.14. The monoisotopic (exact) mass is 297 g/mol. The van der Waals surface area contributed by atoms with Crippen LogP contribution < -0.4 is 0 Å². The number of carbonyl (C=O) groups is 2. The minimum atomic E-state index is -0.833. The minimum absolute atomic E-state index is 0.0414. The maximum Gasteiger partial charge on any atom is 0.341 e. The van der Waals surface area contributed by atoms with Crippen molar-refractivity contribution < 1.29 is 24.5 Å². The molecular weight excluding hydrogens is 274 g/mol. The number of aromatic hydroxyl groups is 1. The number of rotatable bonds is 6. The van der Waals surface area contributed by atoms with Gasteiger partial charge >= 0.3 is 5.97 Å². The Balaban J connectivity index is 0.000000885. The normalized spacial score (nSPS) is 9.71. The second kappa shape index (κ2) is 10.7. The number of ether oxygens (including phenoxy) is 1. The van der Waals surface area contributed by atoms with Crippen LogP contribution in [0.4, 0.5) is 0 Å². The molecule has 6 heteroatoms. The molecule has 0 unspecified atom stereocenters. The summed E-state index contributed by atoms with van der Waals surface area (Å²) >= 11 is 0. The van der Waals surface area contributed by atoms with Gasteiger partial charge in [-0.3, -0.25) is 4.79 Å². The van der Waals surface area contributed by atoms with Gasteiger partial charge in [-0.2, -0.15) is 0 Å². The maximum absolute atomic E-state index is 11.6. The molecule has 1 aromatic carbocycles. The fraction of sp³-hybridized carbons (Fsp3) is 0.467. The van der Waals surface area contributed by atoms with Gasteiger partial charge in [0.15, 0.2) is 0 Å². The molecule has 2 N–H and O–H groups in total. The average Bonchev–Trinajstić information content (AvgIpc) is 2.43. The molecule has 118 valence electrons. The Morgan fingerprint density at radius 2 is 1.71 bits per heavy atom. The lowest BCUT2D eigenvalue weighted by molar-refractivity contribution is -0.134. The largest absolute Gasteiger partial charge is 0.507 e. The number of carboxylic acids is 1. The van der Waals surface area contributed by atoms with E-state index in [1.54, 1.807) is 18.2 Å². The zero-order valence-corrected chi connectivity index (χ0v) is 12.7. The summed E-state index contributed by atoms with van der Waals surface area (Å²) in [4.78, 5) is 22.8. The van der Waals surface area contributed by atoms with E-state index in [-0.39, 0.29) is 11.3 Å². The Bertz CT molecular complexity index is 439. The third-order valence-electron chi connectivity index (χ3n) is 2.66. The third kappa shape index (κ3) is 8.65. The van der Waals surface area contributed by atoms with Crippen LogP contribution in [0.15, 0.2) is 24.3 Å². The summed E-state index contributed by atoms with van der Waals surface area (Å²) < 4.78 is 5.10. The number of phenols is 1. The summed E-state index contributed by atoms with van der Waals surface area (Å²) in [7, 11) is 0. The van der Waals surface area contributed by atoms with Crippen molar-refractivity contribution in [1.29, 1.82) is 0 Å². The standard InChI is InChI=1S/C13H19NO3.C2H4O2/c1-3-14(4-2)9-10-17-13(16)11-7-5-6-8-12(11)15;1-2(3)4/h5-8,15H,3-4,9-10H2,1-2H3;1H3,(H,3,4). The molecule has 0 aromatic heterocycles. The second-order valence-corrected chi connectivity index (χ2v) is 4.20. The lowest BCUT2D eigenvalue weighted by atomic mass is 10.2. The number of esters is 1. The van der Waals surface area contributed by atoms with Crippen LogP contribution in [0.25, 0.3) is 0 Å². The van der Waals surface area contributed by atoms with E-state index in [9.17, 15) is 9.90 Å². The quantitative estimate of drug-likeness (QED) is 0.781. The third-order valence-corrected chi connectivity index (χ3v) is 2.66. The molecule has 0 bridgehead atoms. The van der Waals surface area contributed by atoms with E-state index in [0.29, 0.717) is 13.2 Å². The summed E-state index contributed by atoms with van der Waals surface area (Å²) in [5.41, 5.74) is 0.215. The Kier molecular flexibility index (Phi) is 9.62. The van der Waals surface area contributed by atoms with E-state index in [2.05, 4.69) is 18.7 Å². The number of aliphatic carboxylic acids is 1. The zero-order valence-electron chi connectivity index (χ0n) is 12.7. The van der Waals surface area contributed by atoms with Gasteiger partial charge in [-0.15, -0.1) is 0 Å². The van der Waals surface area contributed by atoms with Crippen molar-refractivity contribution in [2.24, 2.45) is 0 Å². The van der Waals surface area contributed by atoms with Crippen molar-refractivity contribution in [3.05, 3.63) is 29.8 Å². The highest BCUT2D eigenvalue weighted by atomic mass is 16.5. The van der Waals surface area contributed by atoms with Crippen molar-refractivity contribution in [2.45, 2.75) is 20.8 Å². The molecule has 6 nitrogen and oxygen atoms in total. The molecule has 0 fully saturated rings. The fourth-order valence-electron chi connectivity index (χ4n) is 1.53. The van der Waals surface area contributed by atoms with Gasteiger partial charge < -0.3 is 19.8 Å². The van der Waals surface area contributed by atoms with Gasteiger partial charge in [0.1, 0.15) is 17.9 Å². The molecule has 0 aliphatic rings. The molecule has 0 amide bonds. The van der Waals surface area contributed by atoms with E-state index in [4.69, 9.17) is 14.6 Å². The summed E-state index contributed by atoms with van der Waals surface area (Å²) in [5, 5.41) is 16.9. The first kappa shape index (κ1) is 18.9. The number of para-hydroxylation sites is 1. The topological polar surface area (TPSA) is 87.1 Å². The molecule has 21 heavy (non-hydrogen) atoms. The Labute approximate surface area is 125 Å². The first-order chi connectivity index (χ1) is 9.92. The van der Waals surface area contributed by atoms with Gasteiger partial charge in [0, 0.05) is 13.5 Å². The van der Waals surface area contributed by atoms with E-state index < -0.39 is 11.9 Å². The summed E-state index contributed by atoms with van der Waals surface area (Å²) in [5.74, 6) is -1.35. The Morgan fingerprint density at radius 3 is 2.19 bits per heavy atom. The predicted molar refractivity (Wildman–Crippen MR) is 79.5 cm³/mol. The highest BCUT2D eigenvalue weighted by Gasteiger charge is 2.11. The molecule has 1 rings (SSSR count). The highest BCUT2D eigenvalue weighted by molar-refractivity contribution is 5.92. The van der Waals surface area contributed by atoms with Crippen LogP contribution in [0.5, 0.6) is 5.75 Å². The minimum Gasteiger partial charge on any atom is -0.507 e. The Morgan fingerprint density at radius 1 is 1.19 bits per heavy atom. The van der Waals surface area contributed by atoms with Crippen molar-refractivity contribution in [3.8, 4) is 5.75 Å². The summed E-state index contributed by atoms with van der Waals surface area (Å²) in [6.07, 6.45) is 0. The van der Waals surface area contributed by atoms with Crippen LogP contribution >= 0.6 is 0 Å². The molecule has 0 saturated heterocycles. The number of likely N-dealkylation sites (N-methyl/N-ethyl adjacent to an activating group) is 1. The first-order valence-corrected chi connectivity index (χ1v) is 6.79. The second-order valence-electron chi connectivity index (χ2n) is 4.20. The van der Waals surface area contributed by atoms with Gasteiger partial charge in [0.25, 0.3) is 5.97 Å². The van der Waals surface area contributed by atoms with Crippen LogP contribution in [-0.4, -0.2) is 53.3 Å². The van der Waals surface area contributed by atoms with Crippen LogP contribution in [-0.2, 0) is 9.53 Å². The zero-order chi connectivity index (χ0) is 16.3. The van der Waals surface area contributed by atoms with Crippen LogP contribution in [0, 0.1) is 0 Å². The molecular formula is C15H23NO5. The first-order valence-electron chi connectivity index (χ1n) is 6.79. The van der Waals surface area contributed by atoms with Gasteiger partial charge in [-0.1, -0.05) is 26.0 Å². The van der Waals surface area contributed by atoms with E-state index in [1.807, 2.05) is 0 Å². The maximum atomic E-state index is 11.6. The number of carboxylic acid groups (broad SMARTS) is 1. The SMILES string of the molecule is CC(=O)O.CCN(CC)CCOC(=O)c1ccccc1O.